The van der Waals surface area contributed by atoms with Gasteiger partial charge in [0.15, 0.2) is 0 Å². The number of hydrogen-bond acceptors (Lipinski definition) is 2. The number of hydrogen-bond donors (Lipinski definition) is 1. The van der Waals surface area contributed by atoms with Gasteiger partial charge in [-0.1, -0.05) is 15.9 Å². The first-order valence-electron chi connectivity index (χ1n) is 6.50. The van der Waals surface area contributed by atoms with E-state index in [1.807, 2.05) is 0 Å². The summed E-state index contributed by atoms with van der Waals surface area (Å²) in [6.45, 7) is 4.32. The molecule has 1 aliphatic rings. The van der Waals surface area contributed by atoms with Crippen LogP contribution in [0, 0.1) is 6.92 Å². The molecule has 0 bridgehead atoms. The van der Waals surface area contributed by atoms with Crippen LogP contribution in [0.5, 0.6) is 0 Å². The summed E-state index contributed by atoms with van der Waals surface area (Å²) in [4.78, 5) is 4.88. The van der Waals surface area contributed by atoms with Gasteiger partial charge in [-0.05, 0) is 44.0 Å². The number of piperidine rings is 1. The van der Waals surface area contributed by atoms with Gasteiger partial charge in [-0.25, -0.2) is 4.98 Å². The quantitative estimate of drug-likeness (QED) is 0.877. The zero-order valence-corrected chi connectivity index (χ0v) is 12.4. The van der Waals surface area contributed by atoms with Gasteiger partial charge in [0.1, 0.15) is 5.82 Å². The van der Waals surface area contributed by atoms with Gasteiger partial charge in [-0.15, -0.1) is 0 Å². The third-order valence-electron chi connectivity index (χ3n) is 3.84. The van der Waals surface area contributed by atoms with Crippen LogP contribution in [0.15, 0.2) is 16.6 Å². The second-order valence-electron chi connectivity index (χ2n) is 5.16. The van der Waals surface area contributed by atoms with E-state index in [1.54, 1.807) is 0 Å². The molecule has 2 aromatic rings. The SMILES string of the molecule is Cc1cc(Br)cc2c1nc(C1CCCNC1)n2C. The summed E-state index contributed by atoms with van der Waals surface area (Å²) in [6.07, 6.45) is 2.49. The summed E-state index contributed by atoms with van der Waals surface area (Å²) >= 11 is 3.57. The third kappa shape index (κ3) is 1.97. The largest absolute Gasteiger partial charge is 0.331 e. The molecule has 18 heavy (non-hydrogen) atoms. The van der Waals surface area contributed by atoms with Gasteiger partial charge < -0.3 is 9.88 Å². The van der Waals surface area contributed by atoms with E-state index in [9.17, 15) is 0 Å². The summed E-state index contributed by atoms with van der Waals surface area (Å²) in [5, 5.41) is 3.47. The summed E-state index contributed by atoms with van der Waals surface area (Å²) in [5.41, 5.74) is 3.61. The normalized spacial score (nSPS) is 20.5. The molecular formula is C14H18BrN3. The van der Waals surface area contributed by atoms with Crippen LogP contribution < -0.4 is 5.32 Å². The molecule has 0 radical (unpaired) electrons. The van der Waals surface area contributed by atoms with Gasteiger partial charge in [-0.3, -0.25) is 0 Å². The van der Waals surface area contributed by atoms with Gasteiger partial charge in [0, 0.05) is 24.0 Å². The van der Waals surface area contributed by atoms with Gasteiger partial charge in [-0.2, -0.15) is 0 Å². The van der Waals surface area contributed by atoms with Crippen LogP contribution >= 0.6 is 15.9 Å². The lowest BCUT2D eigenvalue weighted by Gasteiger charge is -2.22. The lowest BCUT2D eigenvalue weighted by atomic mass is 9.99. The lowest BCUT2D eigenvalue weighted by Crippen LogP contribution is -2.29. The first kappa shape index (κ1) is 12.2. The average molecular weight is 308 g/mol. The number of aromatic nitrogens is 2. The molecule has 1 unspecified atom stereocenters. The topological polar surface area (TPSA) is 29.9 Å². The molecule has 3 nitrogen and oxygen atoms in total. The molecule has 0 aliphatic carbocycles. The molecule has 1 saturated heterocycles. The van der Waals surface area contributed by atoms with Crippen molar-refractivity contribution in [1.29, 1.82) is 0 Å². The van der Waals surface area contributed by atoms with E-state index in [4.69, 9.17) is 4.98 Å². The van der Waals surface area contributed by atoms with E-state index in [1.165, 1.54) is 29.7 Å². The predicted octanol–water partition coefficient (Wildman–Crippen LogP) is 3.11. The minimum Gasteiger partial charge on any atom is -0.331 e. The van der Waals surface area contributed by atoms with Gasteiger partial charge in [0.05, 0.1) is 11.0 Å². The molecule has 1 fully saturated rings. The molecule has 0 saturated carbocycles. The second kappa shape index (κ2) is 4.67. The highest BCUT2D eigenvalue weighted by atomic mass is 79.9. The minimum absolute atomic E-state index is 0.550. The molecular weight excluding hydrogens is 290 g/mol. The average Bonchev–Trinajstić information content (AvgIpc) is 2.69. The zero-order chi connectivity index (χ0) is 12.7. The van der Waals surface area contributed by atoms with Crippen LogP contribution in [0.4, 0.5) is 0 Å². The Morgan fingerprint density at radius 2 is 2.28 bits per heavy atom. The number of rotatable bonds is 1. The Labute approximate surface area is 116 Å². The molecule has 0 amide bonds. The Bertz CT molecular complexity index is 582. The smallest absolute Gasteiger partial charge is 0.114 e. The maximum atomic E-state index is 4.88. The summed E-state index contributed by atoms with van der Waals surface area (Å²) in [6, 6.07) is 4.30. The fourth-order valence-corrected chi connectivity index (χ4v) is 3.43. The summed E-state index contributed by atoms with van der Waals surface area (Å²) < 4.78 is 3.38. The standard InChI is InChI=1S/C14H18BrN3/c1-9-6-11(15)7-12-13(9)17-14(18(12)2)10-4-3-5-16-8-10/h6-7,10,16H,3-5,8H2,1-2H3. The Balaban J connectivity index is 2.13. The van der Waals surface area contributed by atoms with Crippen molar-refractivity contribution < 1.29 is 0 Å². The molecule has 2 heterocycles. The highest BCUT2D eigenvalue weighted by Crippen LogP contribution is 2.29. The third-order valence-corrected chi connectivity index (χ3v) is 4.30. The Hall–Kier alpha value is -0.870. The predicted molar refractivity (Wildman–Crippen MR) is 78.0 cm³/mol. The van der Waals surface area contributed by atoms with E-state index in [2.05, 4.69) is 51.9 Å². The highest BCUT2D eigenvalue weighted by Gasteiger charge is 2.21. The number of fused-ring (bicyclic) bond motifs is 1. The van der Waals surface area contributed by atoms with Crippen molar-refractivity contribution in [2.24, 2.45) is 7.05 Å². The Kier molecular flexibility index (Phi) is 3.16. The Morgan fingerprint density at radius 1 is 1.44 bits per heavy atom. The first-order valence-corrected chi connectivity index (χ1v) is 7.29. The maximum Gasteiger partial charge on any atom is 0.114 e. The zero-order valence-electron chi connectivity index (χ0n) is 10.8. The van der Waals surface area contributed by atoms with Gasteiger partial charge in [0.2, 0.25) is 0 Å². The summed E-state index contributed by atoms with van der Waals surface area (Å²) in [7, 11) is 2.13. The van der Waals surface area contributed by atoms with Crippen LogP contribution in [0.2, 0.25) is 0 Å². The van der Waals surface area contributed by atoms with Gasteiger partial charge in [0.25, 0.3) is 0 Å². The first-order chi connectivity index (χ1) is 8.66. The second-order valence-corrected chi connectivity index (χ2v) is 6.08. The number of imidazole rings is 1. The molecule has 1 aliphatic heterocycles. The number of aryl methyl sites for hydroxylation is 2. The fraction of sp³-hybridized carbons (Fsp3) is 0.500. The minimum atomic E-state index is 0.550. The van der Waals surface area contributed by atoms with E-state index in [0.29, 0.717) is 5.92 Å². The maximum absolute atomic E-state index is 4.88. The van der Waals surface area contributed by atoms with E-state index < -0.39 is 0 Å². The number of halogens is 1. The van der Waals surface area contributed by atoms with Crippen molar-refractivity contribution >= 4 is 27.0 Å². The lowest BCUT2D eigenvalue weighted by molar-refractivity contribution is 0.440. The molecule has 3 rings (SSSR count). The van der Waals surface area contributed by atoms with Crippen LogP contribution in [0.1, 0.15) is 30.1 Å². The molecule has 4 heteroatoms. The van der Waals surface area contributed by atoms with Gasteiger partial charge >= 0.3 is 0 Å². The summed E-state index contributed by atoms with van der Waals surface area (Å²) in [5.74, 6) is 1.77. The van der Waals surface area contributed by atoms with Crippen LogP contribution in [-0.4, -0.2) is 22.6 Å². The molecule has 1 atom stereocenters. The van der Waals surface area contributed by atoms with Crippen molar-refractivity contribution in [2.75, 3.05) is 13.1 Å². The van der Waals surface area contributed by atoms with E-state index >= 15 is 0 Å². The van der Waals surface area contributed by atoms with Crippen molar-refractivity contribution in [2.45, 2.75) is 25.7 Å². The van der Waals surface area contributed by atoms with E-state index in [-0.39, 0.29) is 0 Å². The van der Waals surface area contributed by atoms with Crippen molar-refractivity contribution in [3.8, 4) is 0 Å². The van der Waals surface area contributed by atoms with Crippen LogP contribution in [0.25, 0.3) is 11.0 Å². The molecule has 1 aromatic heterocycles. The van der Waals surface area contributed by atoms with Crippen LogP contribution in [-0.2, 0) is 7.05 Å². The number of nitrogens with zero attached hydrogens (tertiary/aromatic N) is 2. The highest BCUT2D eigenvalue weighted by molar-refractivity contribution is 9.10. The monoisotopic (exact) mass is 307 g/mol. The fourth-order valence-electron chi connectivity index (χ4n) is 2.87. The number of benzene rings is 1. The van der Waals surface area contributed by atoms with Crippen molar-refractivity contribution in [3.05, 3.63) is 28.0 Å². The molecule has 0 spiro atoms. The van der Waals surface area contributed by atoms with Crippen molar-refractivity contribution in [1.82, 2.24) is 14.9 Å². The molecule has 96 valence electrons. The molecule has 1 N–H and O–H groups in total. The molecule has 1 aromatic carbocycles. The Morgan fingerprint density at radius 3 is 3.00 bits per heavy atom. The van der Waals surface area contributed by atoms with Crippen LogP contribution in [0.3, 0.4) is 0 Å². The van der Waals surface area contributed by atoms with Crippen molar-refractivity contribution in [3.63, 3.8) is 0 Å². The number of nitrogens with one attached hydrogen (secondary N) is 1. The van der Waals surface area contributed by atoms with E-state index in [0.717, 1.165) is 23.1 Å².